The van der Waals surface area contributed by atoms with Gasteiger partial charge in [0, 0.05) is 25.8 Å². The van der Waals surface area contributed by atoms with E-state index in [2.05, 4.69) is 26.3 Å². The molecular weight excluding hydrogens is 224 g/mol. The zero-order chi connectivity index (χ0) is 12.4. The van der Waals surface area contributed by atoms with Gasteiger partial charge in [0.05, 0.1) is 0 Å². The molecule has 1 saturated carbocycles. The molecule has 3 rings (SSSR count). The summed E-state index contributed by atoms with van der Waals surface area (Å²) >= 11 is 0. The first-order chi connectivity index (χ1) is 8.88. The highest BCUT2D eigenvalue weighted by molar-refractivity contribution is 5.44. The smallest absolute Gasteiger partial charge is 0.224 e. The second-order valence-corrected chi connectivity index (χ2v) is 5.44. The number of nitrogens with one attached hydrogen (secondary N) is 1. The summed E-state index contributed by atoms with van der Waals surface area (Å²) in [7, 11) is 1.87. The van der Waals surface area contributed by atoms with Gasteiger partial charge in [0.25, 0.3) is 0 Å². The maximum atomic E-state index is 4.61. The highest BCUT2D eigenvalue weighted by Gasteiger charge is 2.33. The van der Waals surface area contributed by atoms with E-state index in [0.717, 1.165) is 24.2 Å². The van der Waals surface area contributed by atoms with Crippen LogP contribution >= 0.6 is 0 Å². The molecule has 2 aliphatic rings. The molecule has 4 nitrogen and oxygen atoms in total. The van der Waals surface area contributed by atoms with Crippen molar-refractivity contribution in [3.63, 3.8) is 0 Å². The summed E-state index contributed by atoms with van der Waals surface area (Å²) in [5.74, 6) is 2.72. The summed E-state index contributed by atoms with van der Waals surface area (Å²) in [5, 5.41) is 3.03. The number of anilines is 2. The van der Waals surface area contributed by atoms with Crippen LogP contribution in [0.25, 0.3) is 0 Å². The van der Waals surface area contributed by atoms with Gasteiger partial charge in [0.1, 0.15) is 5.82 Å². The molecule has 0 amide bonds. The average molecular weight is 246 g/mol. The van der Waals surface area contributed by atoms with Gasteiger partial charge in [-0.1, -0.05) is 12.8 Å². The van der Waals surface area contributed by atoms with Crippen LogP contribution in [0, 0.1) is 5.92 Å². The SMILES string of the molecule is CNc1nccc(N2CCCC3CCCCC32)n1. The molecular formula is C14H22N4. The third kappa shape index (κ3) is 2.16. The van der Waals surface area contributed by atoms with Crippen LogP contribution in [-0.2, 0) is 0 Å². The van der Waals surface area contributed by atoms with Gasteiger partial charge in [-0.25, -0.2) is 4.98 Å². The minimum absolute atomic E-state index is 0.715. The van der Waals surface area contributed by atoms with E-state index in [1.807, 2.05) is 13.2 Å². The molecule has 98 valence electrons. The Morgan fingerprint density at radius 2 is 2.06 bits per heavy atom. The topological polar surface area (TPSA) is 41.1 Å². The lowest BCUT2D eigenvalue weighted by Crippen LogP contribution is -2.47. The molecule has 0 bridgehead atoms. The molecule has 1 N–H and O–H groups in total. The van der Waals surface area contributed by atoms with Crippen molar-refractivity contribution in [2.45, 2.75) is 44.6 Å². The second-order valence-electron chi connectivity index (χ2n) is 5.44. The zero-order valence-corrected chi connectivity index (χ0v) is 11.1. The third-order valence-corrected chi connectivity index (χ3v) is 4.40. The summed E-state index contributed by atoms with van der Waals surface area (Å²) in [5.41, 5.74) is 0. The second kappa shape index (κ2) is 5.12. The normalized spacial score (nSPS) is 27.7. The van der Waals surface area contributed by atoms with E-state index in [-0.39, 0.29) is 0 Å². The zero-order valence-electron chi connectivity index (χ0n) is 11.1. The molecule has 1 aliphatic heterocycles. The van der Waals surface area contributed by atoms with E-state index >= 15 is 0 Å². The van der Waals surface area contributed by atoms with Crippen molar-refractivity contribution in [3.05, 3.63) is 12.3 Å². The fourth-order valence-electron chi connectivity index (χ4n) is 3.54. The number of hydrogen-bond acceptors (Lipinski definition) is 4. The fourth-order valence-corrected chi connectivity index (χ4v) is 3.54. The molecule has 1 saturated heterocycles. The Balaban J connectivity index is 1.84. The first kappa shape index (κ1) is 11.8. The van der Waals surface area contributed by atoms with Gasteiger partial charge in [-0.15, -0.1) is 0 Å². The van der Waals surface area contributed by atoms with Crippen LogP contribution in [0.2, 0.25) is 0 Å². The van der Waals surface area contributed by atoms with E-state index in [1.165, 1.54) is 38.5 Å². The molecule has 1 aromatic rings. The number of hydrogen-bond donors (Lipinski definition) is 1. The summed E-state index contributed by atoms with van der Waals surface area (Å²) in [6.07, 6.45) is 10.1. The number of nitrogens with zero attached hydrogens (tertiary/aromatic N) is 3. The van der Waals surface area contributed by atoms with E-state index in [1.54, 1.807) is 0 Å². The summed E-state index contributed by atoms with van der Waals surface area (Å²) in [6.45, 7) is 1.15. The first-order valence-electron chi connectivity index (χ1n) is 7.16. The largest absolute Gasteiger partial charge is 0.357 e. The lowest BCUT2D eigenvalue weighted by molar-refractivity contribution is 0.243. The van der Waals surface area contributed by atoms with Crippen LogP contribution in [0.4, 0.5) is 11.8 Å². The Morgan fingerprint density at radius 3 is 2.94 bits per heavy atom. The predicted molar refractivity (Wildman–Crippen MR) is 73.9 cm³/mol. The Kier molecular flexibility index (Phi) is 3.35. The van der Waals surface area contributed by atoms with Crippen LogP contribution in [0.5, 0.6) is 0 Å². The Morgan fingerprint density at radius 1 is 1.22 bits per heavy atom. The van der Waals surface area contributed by atoms with Crippen molar-refractivity contribution in [1.29, 1.82) is 0 Å². The van der Waals surface area contributed by atoms with Gasteiger partial charge < -0.3 is 10.2 Å². The Bertz CT molecular complexity index is 405. The van der Waals surface area contributed by atoms with E-state index in [0.29, 0.717) is 6.04 Å². The molecule has 0 aromatic carbocycles. The number of piperidine rings is 1. The van der Waals surface area contributed by atoms with Crippen molar-refractivity contribution < 1.29 is 0 Å². The van der Waals surface area contributed by atoms with Crippen LogP contribution < -0.4 is 10.2 Å². The van der Waals surface area contributed by atoms with Gasteiger partial charge in [-0.05, 0) is 37.7 Å². The summed E-state index contributed by atoms with van der Waals surface area (Å²) < 4.78 is 0. The maximum Gasteiger partial charge on any atom is 0.224 e. The Labute approximate surface area is 109 Å². The molecule has 1 aliphatic carbocycles. The lowest BCUT2D eigenvalue weighted by atomic mass is 9.78. The molecule has 2 heterocycles. The molecule has 18 heavy (non-hydrogen) atoms. The maximum absolute atomic E-state index is 4.61. The molecule has 4 heteroatoms. The van der Waals surface area contributed by atoms with Gasteiger partial charge in [0.2, 0.25) is 5.95 Å². The van der Waals surface area contributed by atoms with Gasteiger partial charge >= 0.3 is 0 Å². The van der Waals surface area contributed by atoms with Crippen molar-refractivity contribution >= 4 is 11.8 Å². The number of rotatable bonds is 2. The molecule has 2 atom stereocenters. The first-order valence-corrected chi connectivity index (χ1v) is 7.16. The minimum atomic E-state index is 0.715. The standard InChI is InChI=1S/C14H22N4/c1-15-14-16-9-8-13(17-14)18-10-4-6-11-5-2-3-7-12(11)18/h8-9,11-12H,2-7,10H2,1H3,(H,15,16,17). The molecule has 1 aromatic heterocycles. The number of fused-ring (bicyclic) bond motifs is 1. The van der Waals surface area contributed by atoms with Crippen molar-refractivity contribution in [2.75, 3.05) is 23.8 Å². The van der Waals surface area contributed by atoms with Crippen molar-refractivity contribution in [3.8, 4) is 0 Å². The quantitative estimate of drug-likeness (QED) is 0.871. The van der Waals surface area contributed by atoms with Crippen LogP contribution in [-0.4, -0.2) is 29.6 Å². The monoisotopic (exact) mass is 246 g/mol. The average Bonchev–Trinajstić information content (AvgIpc) is 2.47. The van der Waals surface area contributed by atoms with Gasteiger partial charge in [0.15, 0.2) is 0 Å². The fraction of sp³-hybridized carbons (Fsp3) is 0.714. The highest BCUT2D eigenvalue weighted by atomic mass is 15.2. The van der Waals surface area contributed by atoms with E-state index < -0.39 is 0 Å². The Hall–Kier alpha value is -1.32. The molecule has 2 fully saturated rings. The van der Waals surface area contributed by atoms with E-state index in [9.17, 15) is 0 Å². The lowest BCUT2D eigenvalue weighted by Gasteiger charge is -2.44. The van der Waals surface area contributed by atoms with Crippen LogP contribution in [0.3, 0.4) is 0 Å². The summed E-state index contributed by atoms with van der Waals surface area (Å²) in [4.78, 5) is 11.3. The molecule has 0 radical (unpaired) electrons. The molecule has 2 unspecified atom stereocenters. The third-order valence-electron chi connectivity index (χ3n) is 4.40. The summed E-state index contributed by atoms with van der Waals surface area (Å²) in [6, 6.07) is 2.77. The molecule has 0 spiro atoms. The number of aromatic nitrogens is 2. The van der Waals surface area contributed by atoms with Gasteiger partial charge in [-0.2, -0.15) is 4.98 Å². The van der Waals surface area contributed by atoms with Crippen molar-refractivity contribution in [2.24, 2.45) is 5.92 Å². The van der Waals surface area contributed by atoms with Crippen LogP contribution in [0.1, 0.15) is 38.5 Å². The highest BCUT2D eigenvalue weighted by Crippen LogP contribution is 2.37. The predicted octanol–water partition coefficient (Wildman–Crippen LogP) is 2.68. The van der Waals surface area contributed by atoms with Gasteiger partial charge in [-0.3, -0.25) is 0 Å². The minimum Gasteiger partial charge on any atom is -0.357 e. The van der Waals surface area contributed by atoms with Crippen molar-refractivity contribution in [1.82, 2.24) is 9.97 Å². The van der Waals surface area contributed by atoms with E-state index in [4.69, 9.17) is 0 Å². The van der Waals surface area contributed by atoms with Crippen LogP contribution in [0.15, 0.2) is 12.3 Å².